The van der Waals surface area contributed by atoms with Crippen LogP contribution in [-0.2, 0) is 4.79 Å². The number of aromatic nitrogens is 2. The van der Waals surface area contributed by atoms with Crippen LogP contribution >= 0.6 is 23.4 Å². The van der Waals surface area contributed by atoms with Gasteiger partial charge < -0.3 is 5.32 Å². The quantitative estimate of drug-likeness (QED) is 0.905. The van der Waals surface area contributed by atoms with Gasteiger partial charge in [0.2, 0.25) is 5.91 Å². The molecule has 0 aliphatic carbocycles. The number of imide groups is 1. The fraction of sp³-hybridized carbons (Fsp3) is 0.286. The fourth-order valence-electron chi connectivity index (χ4n) is 2.37. The minimum Gasteiger partial charge on any atom is -0.349 e. The van der Waals surface area contributed by atoms with Gasteiger partial charge in [-0.05, 0) is 13.0 Å². The van der Waals surface area contributed by atoms with Crippen molar-refractivity contribution in [2.75, 3.05) is 18.8 Å². The number of nitrogens with zero attached hydrogens (tertiary/aromatic N) is 3. The van der Waals surface area contributed by atoms with Gasteiger partial charge in [0.15, 0.2) is 0 Å². The topological polar surface area (TPSA) is 83.8 Å². The summed E-state index contributed by atoms with van der Waals surface area (Å²) in [6.45, 7) is 2.09. The molecule has 0 bridgehead atoms. The molecule has 1 aliphatic heterocycles. The average Bonchev–Trinajstić information content (AvgIpc) is 2.99. The Morgan fingerprint density at radius 3 is 2.96 bits per heavy atom. The van der Waals surface area contributed by atoms with E-state index in [2.05, 4.69) is 10.3 Å². The summed E-state index contributed by atoms with van der Waals surface area (Å²) >= 11 is 6.89. The van der Waals surface area contributed by atoms with Crippen molar-refractivity contribution in [2.24, 2.45) is 0 Å². The van der Waals surface area contributed by atoms with Crippen molar-refractivity contribution in [3.8, 4) is 0 Å². The van der Waals surface area contributed by atoms with Crippen molar-refractivity contribution in [1.82, 2.24) is 19.6 Å². The molecule has 0 unspecified atom stereocenters. The van der Waals surface area contributed by atoms with E-state index in [-0.39, 0.29) is 35.9 Å². The molecule has 1 fully saturated rings. The fourth-order valence-corrected chi connectivity index (χ4v) is 3.28. The Labute approximate surface area is 141 Å². The smallest absolute Gasteiger partial charge is 0.288 e. The Morgan fingerprint density at radius 1 is 1.48 bits per heavy atom. The number of imidazole rings is 1. The van der Waals surface area contributed by atoms with Gasteiger partial charge >= 0.3 is 0 Å². The van der Waals surface area contributed by atoms with Gasteiger partial charge in [0.25, 0.3) is 11.1 Å². The molecular formula is C14H13ClN4O3S. The van der Waals surface area contributed by atoms with Gasteiger partial charge in [0.05, 0.1) is 11.4 Å². The number of nitrogens with one attached hydrogen (secondary N) is 1. The van der Waals surface area contributed by atoms with E-state index in [4.69, 9.17) is 11.6 Å². The molecule has 3 amide bonds. The third-order valence-electron chi connectivity index (χ3n) is 3.44. The maximum Gasteiger partial charge on any atom is 0.288 e. The molecule has 1 N–H and O–H groups in total. The molecule has 9 heteroatoms. The zero-order chi connectivity index (χ0) is 16.6. The van der Waals surface area contributed by atoms with Gasteiger partial charge in [-0.3, -0.25) is 23.7 Å². The molecule has 0 spiro atoms. The minimum atomic E-state index is -0.316. The summed E-state index contributed by atoms with van der Waals surface area (Å²) in [5, 5.41) is 2.98. The number of rotatable bonds is 4. The van der Waals surface area contributed by atoms with Crippen LogP contribution in [0, 0.1) is 6.92 Å². The molecule has 0 aromatic carbocycles. The van der Waals surface area contributed by atoms with Crippen molar-refractivity contribution in [3.63, 3.8) is 0 Å². The number of amides is 3. The van der Waals surface area contributed by atoms with Gasteiger partial charge in [-0.25, -0.2) is 4.98 Å². The highest BCUT2D eigenvalue weighted by Gasteiger charge is 2.29. The Morgan fingerprint density at radius 2 is 2.26 bits per heavy atom. The van der Waals surface area contributed by atoms with E-state index < -0.39 is 0 Å². The molecule has 0 radical (unpaired) electrons. The highest BCUT2D eigenvalue weighted by Crippen LogP contribution is 2.18. The summed E-state index contributed by atoms with van der Waals surface area (Å²) < 4.78 is 1.65. The zero-order valence-corrected chi connectivity index (χ0v) is 13.8. The Bertz CT molecular complexity index is 804. The summed E-state index contributed by atoms with van der Waals surface area (Å²) in [5.41, 5.74) is 1.57. The van der Waals surface area contributed by atoms with E-state index >= 15 is 0 Å². The van der Waals surface area contributed by atoms with Crippen LogP contribution < -0.4 is 5.32 Å². The zero-order valence-electron chi connectivity index (χ0n) is 12.2. The first-order valence-electron chi connectivity index (χ1n) is 6.87. The van der Waals surface area contributed by atoms with Crippen molar-refractivity contribution < 1.29 is 14.4 Å². The van der Waals surface area contributed by atoms with Crippen LogP contribution in [0.5, 0.6) is 0 Å². The van der Waals surface area contributed by atoms with Crippen LogP contribution in [0.4, 0.5) is 4.79 Å². The Kier molecular flexibility index (Phi) is 4.27. The monoisotopic (exact) mass is 352 g/mol. The molecule has 2 aromatic rings. The van der Waals surface area contributed by atoms with E-state index in [9.17, 15) is 14.4 Å². The number of carbonyl (C=O) groups is 3. The van der Waals surface area contributed by atoms with Gasteiger partial charge in [0.1, 0.15) is 11.3 Å². The predicted molar refractivity (Wildman–Crippen MR) is 86.8 cm³/mol. The van der Waals surface area contributed by atoms with Crippen LogP contribution in [0.2, 0.25) is 5.02 Å². The van der Waals surface area contributed by atoms with Crippen molar-refractivity contribution in [3.05, 3.63) is 34.7 Å². The standard InChI is InChI=1S/C14H13ClN4O3S/c1-8-12(18-4-2-9(15)6-10(18)17-8)13(21)16-3-5-19-11(20)7-23-14(19)22/h2,4,6H,3,5,7H2,1H3,(H,16,21). The lowest BCUT2D eigenvalue weighted by atomic mass is 10.3. The summed E-state index contributed by atoms with van der Waals surface area (Å²) in [6, 6.07) is 3.34. The summed E-state index contributed by atoms with van der Waals surface area (Å²) in [5.74, 6) is -0.376. The van der Waals surface area contributed by atoms with Crippen molar-refractivity contribution in [1.29, 1.82) is 0 Å². The molecule has 120 valence electrons. The Balaban J connectivity index is 1.70. The molecule has 3 rings (SSSR count). The van der Waals surface area contributed by atoms with Crippen LogP contribution in [-0.4, -0.2) is 50.2 Å². The maximum absolute atomic E-state index is 12.4. The third kappa shape index (κ3) is 3.04. The van der Waals surface area contributed by atoms with E-state index in [1.807, 2.05) is 0 Å². The molecule has 0 saturated carbocycles. The number of hydrogen-bond donors (Lipinski definition) is 1. The molecular weight excluding hydrogens is 340 g/mol. The summed E-state index contributed by atoms with van der Waals surface area (Å²) in [7, 11) is 0. The first-order chi connectivity index (χ1) is 11.0. The second-order valence-electron chi connectivity index (χ2n) is 4.97. The summed E-state index contributed by atoms with van der Waals surface area (Å²) in [6.07, 6.45) is 1.68. The number of fused-ring (bicyclic) bond motifs is 1. The Hall–Kier alpha value is -2.06. The van der Waals surface area contributed by atoms with E-state index in [0.29, 0.717) is 22.1 Å². The number of halogens is 1. The number of carbonyl (C=O) groups excluding carboxylic acids is 3. The lowest BCUT2D eigenvalue weighted by Gasteiger charge is -2.13. The maximum atomic E-state index is 12.4. The van der Waals surface area contributed by atoms with Gasteiger partial charge in [-0.1, -0.05) is 23.4 Å². The minimum absolute atomic E-state index is 0.165. The predicted octanol–water partition coefficient (Wildman–Crippen LogP) is 1.72. The van der Waals surface area contributed by atoms with Crippen LogP contribution in [0.15, 0.2) is 18.3 Å². The van der Waals surface area contributed by atoms with Crippen LogP contribution in [0.3, 0.4) is 0 Å². The molecule has 3 heterocycles. The molecule has 7 nitrogen and oxygen atoms in total. The molecule has 0 atom stereocenters. The highest BCUT2D eigenvalue weighted by molar-refractivity contribution is 8.14. The molecule has 2 aromatic heterocycles. The van der Waals surface area contributed by atoms with E-state index in [1.54, 1.807) is 29.7 Å². The molecule has 1 saturated heterocycles. The van der Waals surface area contributed by atoms with Crippen molar-refractivity contribution in [2.45, 2.75) is 6.92 Å². The van der Waals surface area contributed by atoms with Gasteiger partial charge in [-0.2, -0.15) is 0 Å². The van der Waals surface area contributed by atoms with Gasteiger partial charge in [-0.15, -0.1) is 0 Å². The SMILES string of the molecule is Cc1nc2cc(Cl)ccn2c1C(=O)NCCN1C(=O)CSC1=O. The van der Waals surface area contributed by atoms with E-state index in [0.717, 1.165) is 16.7 Å². The normalized spacial score (nSPS) is 14.8. The second-order valence-corrected chi connectivity index (χ2v) is 6.34. The molecule has 1 aliphatic rings. The number of aryl methyl sites for hydroxylation is 1. The highest BCUT2D eigenvalue weighted by atomic mass is 35.5. The molecule has 23 heavy (non-hydrogen) atoms. The first-order valence-corrected chi connectivity index (χ1v) is 8.23. The number of pyridine rings is 1. The average molecular weight is 353 g/mol. The lowest BCUT2D eigenvalue weighted by molar-refractivity contribution is -0.124. The number of thioether (sulfide) groups is 1. The lowest BCUT2D eigenvalue weighted by Crippen LogP contribution is -2.37. The largest absolute Gasteiger partial charge is 0.349 e. The third-order valence-corrected chi connectivity index (χ3v) is 4.53. The van der Waals surface area contributed by atoms with Crippen LogP contribution in [0.25, 0.3) is 5.65 Å². The first kappa shape index (κ1) is 15.8. The van der Waals surface area contributed by atoms with Crippen LogP contribution in [0.1, 0.15) is 16.2 Å². The summed E-state index contributed by atoms with van der Waals surface area (Å²) in [4.78, 5) is 40.8. The second kappa shape index (κ2) is 6.21. The number of hydrogen-bond acceptors (Lipinski definition) is 5. The van der Waals surface area contributed by atoms with Gasteiger partial charge in [0, 0.05) is 30.4 Å². The van der Waals surface area contributed by atoms with Crippen molar-refractivity contribution >= 4 is 46.1 Å². The van der Waals surface area contributed by atoms with E-state index in [1.165, 1.54) is 0 Å².